The van der Waals surface area contributed by atoms with Crippen molar-refractivity contribution in [3.05, 3.63) is 0 Å². The molecule has 118 valence electrons. The molecule has 1 N–H and O–H groups in total. The van der Waals surface area contributed by atoms with Crippen LogP contribution in [0, 0.1) is 0 Å². The summed E-state index contributed by atoms with van der Waals surface area (Å²) in [7, 11) is 0. The van der Waals surface area contributed by atoms with Crippen LogP contribution in [0.3, 0.4) is 0 Å². The standard InChI is InChI=1S/C17H34N2O/c1-4-6-10-14-19(15-11-7-5-2)16(20)17(3)12-8-9-13-18-17/h18H,4-15H2,1-3H3. The van der Waals surface area contributed by atoms with E-state index in [4.69, 9.17) is 0 Å². The van der Waals surface area contributed by atoms with Gasteiger partial charge in [-0.3, -0.25) is 4.79 Å². The predicted molar refractivity (Wildman–Crippen MR) is 85.9 cm³/mol. The third-order valence-electron chi connectivity index (χ3n) is 4.44. The third-order valence-corrected chi connectivity index (χ3v) is 4.44. The molecule has 0 radical (unpaired) electrons. The summed E-state index contributed by atoms with van der Waals surface area (Å²) in [5, 5.41) is 3.47. The molecular weight excluding hydrogens is 248 g/mol. The highest BCUT2D eigenvalue weighted by Crippen LogP contribution is 2.22. The molecular formula is C17H34N2O. The molecule has 0 spiro atoms. The summed E-state index contributed by atoms with van der Waals surface area (Å²) < 4.78 is 0. The van der Waals surface area contributed by atoms with Crippen LogP contribution in [0.15, 0.2) is 0 Å². The Hall–Kier alpha value is -0.570. The average Bonchev–Trinajstić information content (AvgIpc) is 2.46. The van der Waals surface area contributed by atoms with Gasteiger partial charge in [-0.15, -0.1) is 0 Å². The summed E-state index contributed by atoms with van der Waals surface area (Å²) in [5.74, 6) is 0.337. The van der Waals surface area contributed by atoms with Crippen molar-refractivity contribution in [3.8, 4) is 0 Å². The fourth-order valence-electron chi connectivity index (χ4n) is 3.01. The maximum atomic E-state index is 12.9. The Morgan fingerprint density at radius 2 is 1.65 bits per heavy atom. The summed E-state index contributed by atoms with van der Waals surface area (Å²) in [6, 6.07) is 0. The van der Waals surface area contributed by atoms with Gasteiger partial charge in [0.2, 0.25) is 5.91 Å². The van der Waals surface area contributed by atoms with Gasteiger partial charge in [-0.2, -0.15) is 0 Å². The number of unbranched alkanes of at least 4 members (excludes halogenated alkanes) is 4. The second kappa shape index (κ2) is 9.38. The van der Waals surface area contributed by atoms with Crippen molar-refractivity contribution in [2.75, 3.05) is 19.6 Å². The molecule has 1 atom stereocenters. The van der Waals surface area contributed by atoms with Gasteiger partial charge in [0.15, 0.2) is 0 Å². The van der Waals surface area contributed by atoms with E-state index in [9.17, 15) is 4.79 Å². The molecule has 1 aliphatic heterocycles. The molecule has 0 aromatic heterocycles. The highest BCUT2D eigenvalue weighted by molar-refractivity contribution is 5.86. The van der Waals surface area contributed by atoms with E-state index < -0.39 is 0 Å². The first-order chi connectivity index (χ1) is 9.64. The Kier molecular flexibility index (Phi) is 8.20. The van der Waals surface area contributed by atoms with Crippen LogP contribution >= 0.6 is 0 Å². The predicted octanol–water partition coefficient (Wildman–Crippen LogP) is 3.73. The molecule has 1 unspecified atom stereocenters. The largest absolute Gasteiger partial charge is 0.341 e. The van der Waals surface area contributed by atoms with Gasteiger partial charge in [0.25, 0.3) is 0 Å². The number of hydrogen-bond donors (Lipinski definition) is 1. The zero-order chi connectivity index (χ0) is 14.8. The van der Waals surface area contributed by atoms with Crippen LogP contribution in [0.4, 0.5) is 0 Å². The SMILES string of the molecule is CCCCCN(CCCCC)C(=O)C1(C)CCCCN1. The third kappa shape index (κ3) is 5.43. The fourth-order valence-corrected chi connectivity index (χ4v) is 3.01. The molecule has 3 heteroatoms. The van der Waals surface area contributed by atoms with Gasteiger partial charge in [-0.25, -0.2) is 0 Å². The van der Waals surface area contributed by atoms with E-state index in [1.807, 2.05) is 0 Å². The number of rotatable bonds is 9. The maximum Gasteiger partial charge on any atom is 0.242 e. The summed E-state index contributed by atoms with van der Waals surface area (Å²) in [5.41, 5.74) is -0.309. The first kappa shape index (κ1) is 17.5. The zero-order valence-electron chi connectivity index (χ0n) is 13.8. The van der Waals surface area contributed by atoms with Gasteiger partial charge in [0, 0.05) is 13.1 Å². The van der Waals surface area contributed by atoms with E-state index in [1.54, 1.807) is 0 Å². The number of carbonyl (C=O) groups excluding carboxylic acids is 1. The summed E-state index contributed by atoms with van der Waals surface area (Å²) in [4.78, 5) is 15.0. The van der Waals surface area contributed by atoms with Crippen molar-refractivity contribution in [2.24, 2.45) is 0 Å². The van der Waals surface area contributed by atoms with E-state index in [0.29, 0.717) is 5.91 Å². The monoisotopic (exact) mass is 282 g/mol. The van der Waals surface area contributed by atoms with Crippen LogP contribution < -0.4 is 5.32 Å². The Morgan fingerprint density at radius 3 is 2.10 bits per heavy atom. The van der Waals surface area contributed by atoms with Crippen LogP contribution in [-0.4, -0.2) is 36.0 Å². The lowest BCUT2D eigenvalue weighted by Crippen LogP contribution is -2.58. The smallest absolute Gasteiger partial charge is 0.242 e. The Labute approximate surface area is 125 Å². The van der Waals surface area contributed by atoms with E-state index >= 15 is 0 Å². The Morgan fingerprint density at radius 1 is 1.05 bits per heavy atom. The molecule has 1 heterocycles. The van der Waals surface area contributed by atoms with Crippen molar-refractivity contribution < 1.29 is 4.79 Å². The summed E-state index contributed by atoms with van der Waals surface area (Å²) >= 11 is 0. The van der Waals surface area contributed by atoms with Gasteiger partial charge < -0.3 is 10.2 Å². The number of hydrogen-bond acceptors (Lipinski definition) is 2. The van der Waals surface area contributed by atoms with Crippen LogP contribution in [0.2, 0.25) is 0 Å². The Balaban J connectivity index is 2.56. The van der Waals surface area contributed by atoms with E-state index in [0.717, 1.165) is 38.9 Å². The average molecular weight is 282 g/mol. The minimum absolute atomic E-state index is 0.309. The number of amides is 1. The zero-order valence-corrected chi connectivity index (χ0v) is 13.8. The van der Waals surface area contributed by atoms with Gasteiger partial charge >= 0.3 is 0 Å². The maximum absolute atomic E-state index is 12.9. The second-order valence-corrected chi connectivity index (χ2v) is 6.42. The quantitative estimate of drug-likeness (QED) is 0.654. The first-order valence-electron chi connectivity index (χ1n) is 8.68. The molecule has 0 aliphatic carbocycles. The van der Waals surface area contributed by atoms with E-state index in [-0.39, 0.29) is 5.54 Å². The van der Waals surface area contributed by atoms with Crippen LogP contribution in [0.25, 0.3) is 0 Å². The number of nitrogens with zero attached hydrogens (tertiary/aromatic N) is 1. The highest BCUT2D eigenvalue weighted by atomic mass is 16.2. The molecule has 3 nitrogen and oxygen atoms in total. The van der Waals surface area contributed by atoms with E-state index in [1.165, 1.54) is 38.5 Å². The minimum Gasteiger partial charge on any atom is -0.341 e. The molecule has 1 amide bonds. The van der Waals surface area contributed by atoms with Crippen LogP contribution in [0.5, 0.6) is 0 Å². The normalized spacial score (nSPS) is 22.8. The number of nitrogens with one attached hydrogen (secondary N) is 1. The molecule has 20 heavy (non-hydrogen) atoms. The first-order valence-corrected chi connectivity index (χ1v) is 8.68. The lowest BCUT2D eigenvalue weighted by Gasteiger charge is -2.38. The van der Waals surface area contributed by atoms with E-state index in [2.05, 4.69) is 31.0 Å². The van der Waals surface area contributed by atoms with Crippen molar-refractivity contribution in [1.82, 2.24) is 10.2 Å². The van der Waals surface area contributed by atoms with Crippen molar-refractivity contribution >= 4 is 5.91 Å². The van der Waals surface area contributed by atoms with Gasteiger partial charge in [-0.1, -0.05) is 39.5 Å². The van der Waals surface area contributed by atoms with Gasteiger partial charge in [0.1, 0.15) is 0 Å². The fraction of sp³-hybridized carbons (Fsp3) is 0.941. The lowest BCUT2D eigenvalue weighted by molar-refractivity contribution is -0.139. The number of carbonyl (C=O) groups is 1. The molecule has 1 aliphatic rings. The van der Waals surface area contributed by atoms with Crippen LogP contribution in [-0.2, 0) is 4.79 Å². The van der Waals surface area contributed by atoms with Gasteiger partial charge in [0.05, 0.1) is 5.54 Å². The molecule has 1 rings (SSSR count). The molecule has 0 saturated carbocycles. The molecule has 0 aromatic rings. The molecule has 0 aromatic carbocycles. The van der Waals surface area contributed by atoms with Crippen molar-refractivity contribution in [3.63, 3.8) is 0 Å². The lowest BCUT2D eigenvalue weighted by atomic mass is 9.89. The Bertz CT molecular complexity index is 262. The van der Waals surface area contributed by atoms with Crippen molar-refractivity contribution in [2.45, 2.75) is 84.1 Å². The molecule has 1 saturated heterocycles. The summed E-state index contributed by atoms with van der Waals surface area (Å²) in [6.45, 7) is 9.39. The van der Waals surface area contributed by atoms with Gasteiger partial charge in [-0.05, 0) is 45.6 Å². The number of piperidine rings is 1. The topological polar surface area (TPSA) is 32.3 Å². The van der Waals surface area contributed by atoms with Crippen LogP contribution in [0.1, 0.15) is 78.6 Å². The minimum atomic E-state index is -0.309. The highest BCUT2D eigenvalue weighted by Gasteiger charge is 2.36. The van der Waals surface area contributed by atoms with Crippen molar-refractivity contribution in [1.29, 1.82) is 0 Å². The molecule has 1 fully saturated rings. The second-order valence-electron chi connectivity index (χ2n) is 6.42. The summed E-state index contributed by atoms with van der Waals surface area (Å²) in [6.07, 6.45) is 10.5. The molecule has 0 bridgehead atoms.